The first-order valence-corrected chi connectivity index (χ1v) is 8.05. The van der Waals surface area contributed by atoms with E-state index in [4.69, 9.17) is 5.11 Å². The molecule has 1 amide bonds. The van der Waals surface area contributed by atoms with Crippen LogP contribution in [0.2, 0.25) is 0 Å². The summed E-state index contributed by atoms with van der Waals surface area (Å²) in [4.78, 5) is 14.2. The molecule has 0 saturated carbocycles. The molecule has 1 aliphatic heterocycles. The molecule has 0 aliphatic carbocycles. The molecule has 2 N–H and O–H groups in total. The lowest BCUT2D eigenvalue weighted by Crippen LogP contribution is -2.39. The van der Waals surface area contributed by atoms with Crippen molar-refractivity contribution in [1.29, 1.82) is 0 Å². The molecule has 1 saturated heterocycles. The fourth-order valence-electron chi connectivity index (χ4n) is 2.49. The van der Waals surface area contributed by atoms with E-state index in [2.05, 4.69) is 38.9 Å². The van der Waals surface area contributed by atoms with Crippen LogP contribution in [0.1, 0.15) is 18.4 Å². The maximum absolute atomic E-state index is 12.1. The summed E-state index contributed by atoms with van der Waals surface area (Å²) in [5.74, 6) is 0.449. The number of aliphatic hydroxyl groups is 1. The van der Waals surface area contributed by atoms with Gasteiger partial charge in [-0.1, -0.05) is 0 Å². The summed E-state index contributed by atoms with van der Waals surface area (Å²) in [6, 6.07) is 6.01. The number of aliphatic hydroxyl groups excluding tert-OH is 1. The molecule has 4 nitrogen and oxygen atoms in total. The lowest BCUT2D eigenvalue weighted by Gasteiger charge is -2.30. The highest BCUT2D eigenvalue weighted by atomic mass is 127. The molecule has 1 heterocycles. The van der Waals surface area contributed by atoms with Gasteiger partial charge in [0.1, 0.15) is 0 Å². The van der Waals surface area contributed by atoms with Gasteiger partial charge < -0.3 is 10.4 Å². The van der Waals surface area contributed by atoms with Crippen LogP contribution >= 0.6 is 22.6 Å². The van der Waals surface area contributed by atoms with E-state index >= 15 is 0 Å². The summed E-state index contributed by atoms with van der Waals surface area (Å²) in [6.07, 6.45) is 1.96. The summed E-state index contributed by atoms with van der Waals surface area (Å²) in [7, 11) is 0. The van der Waals surface area contributed by atoms with Gasteiger partial charge in [-0.05, 0) is 85.1 Å². The van der Waals surface area contributed by atoms with Crippen molar-refractivity contribution < 1.29 is 9.90 Å². The standard InChI is InChI=1S/C15H21IN2O2/c1-11-8-13(16)2-3-14(11)17-15(20)9-18-6-4-12(10-19)5-7-18/h2-3,8,12,19H,4-7,9-10H2,1H3,(H,17,20). The zero-order chi connectivity index (χ0) is 14.5. The van der Waals surface area contributed by atoms with Crippen molar-refractivity contribution in [3.63, 3.8) is 0 Å². The number of aryl methyl sites for hydroxylation is 1. The molecule has 1 aromatic carbocycles. The number of nitrogens with zero attached hydrogens (tertiary/aromatic N) is 1. The quantitative estimate of drug-likeness (QED) is 0.779. The van der Waals surface area contributed by atoms with Crippen molar-refractivity contribution in [1.82, 2.24) is 4.90 Å². The molecule has 110 valence electrons. The van der Waals surface area contributed by atoms with E-state index in [1.54, 1.807) is 0 Å². The van der Waals surface area contributed by atoms with Crippen LogP contribution in [0.4, 0.5) is 5.69 Å². The SMILES string of the molecule is Cc1cc(I)ccc1NC(=O)CN1CCC(CO)CC1. The van der Waals surface area contributed by atoms with Gasteiger partial charge in [0.25, 0.3) is 0 Å². The number of carbonyl (C=O) groups is 1. The van der Waals surface area contributed by atoms with Crippen LogP contribution in [-0.4, -0.2) is 42.2 Å². The minimum absolute atomic E-state index is 0.0387. The topological polar surface area (TPSA) is 52.6 Å². The number of amides is 1. The largest absolute Gasteiger partial charge is 0.396 e. The molecule has 1 aliphatic rings. The Morgan fingerprint density at radius 1 is 1.45 bits per heavy atom. The highest BCUT2D eigenvalue weighted by Crippen LogP contribution is 2.19. The fourth-order valence-corrected chi connectivity index (χ4v) is 3.13. The van der Waals surface area contributed by atoms with E-state index in [1.807, 2.05) is 19.1 Å². The Kier molecular flexibility index (Phi) is 5.80. The Labute approximate surface area is 133 Å². The zero-order valence-electron chi connectivity index (χ0n) is 11.7. The Hall–Kier alpha value is -0.660. The molecule has 0 aromatic heterocycles. The average Bonchev–Trinajstić information content (AvgIpc) is 2.43. The third kappa shape index (κ3) is 4.43. The minimum Gasteiger partial charge on any atom is -0.396 e. The number of halogens is 1. The number of rotatable bonds is 4. The first-order chi connectivity index (χ1) is 9.58. The summed E-state index contributed by atoms with van der Waals surface area (Å²) in [6.45, 7) is 4.49. The molecule has 0 atom stereocenters. The van der Waals surface area contributed by atoms with Crippen molar-refractivity contribution in [3.8, 4) is 0 Å². The number of benzene rings is 1. The van der Waals surface area contributed by atoms with Gasteiger partial charge >= 0.3 is 0 Å². The van der Waals surface area contributed by atoms with Crippen LogP contribution in [0.3, 0.4) is 0 Å². The van der Waals surface area contributed by atoms with Crippen LogP contribution in [-0.2, 0) is 4.79 Å². The van der Waals surface area contributed by atoms with Crippen molar-refractivity contribution in [2.75, 3.05) is 31.6 Å². The zero-order valence-corrected chi connectivity index (χ0v) is 13.9. The molecule has 2 rings (SSSR count). The lowest BCUT2D eigenvalue weighted by molar-refractivity contribution is -0.117. The molecule has 5 heteroatoms. The second kappa shape index (κ2) is 7.38. The Bertz CT molecular complexity index is 471. The van der Waals surface area contributed by atoms with Gasteiger partial charge in [-0.25, -0.2) is 0 Å². The monoisotopic (exact) mass is 388 g/mol. The fraction of sp³-hybridized carbons (Fsp3) is 0.533. The molecule has 1 fully saturated rings. The molecular weight excluding hydrogens is 367 g/mol. The van der Waals surface area contributed by atoms with E-state index in [9.17, 15) is 4.79 Å². The number of hydrogen-bond donors (Lipinski definition) is 2. The predicted molar refractivity (Wildman–Crippen MR) is 88.8 cm³/mol. The first-order valence-electron chi connectivity index (χ1n) is 6.97. The van der Waals surface area contributed by atoms with Crippen LogP contribution in [0.15, 0.2) is 18.2 Å². The minimum atomic E-state index is 0.0387. The number of anilines is 1. The van der Waals surface area contributed by atoms with Crippen molar-refractivity contribution in [2.45, 2.75) is 19.8 Å². The number of likely N-dealkylation sites (tertiary alicyclic amines) is 1. The molecular formula is C15H21IN2O2. The Morgan fingerprint density at radius 2 is 2.15 bits per heavy atom. The summed E-state index contributed by atoms with van der Waals surface area (Å²) < 4.78 is 1.17. The van der Waals surface area contributed by atoms with Crippen LogP contribution in [0.25, 0.3) is 0 Å². The Balaban J connectivity index is 1.84. The molecule has 1 aromatic rings. The third-order valence-corrected chi connectivity index (χ3v) is 4.47. The second-order valence-electron chi connectivity index (χ2n) is 5.41. The normalized spacial score (nSPS) is 17.1. The highest BCUT2D eigenvalue weighted by Gasteiger charge is 2.20. The smallest absolute Gasteiger partial charge is 0.238 e. The van der Waals surface area contributed by atoms with Crippen molar-refractivity contribution in [2.24, 2.45) is 5.92 Å². The van der Waals surface area contributed by atoms with Crippen LogP contribution in [0, 0.1) is 16.4 Å². The van der Waals surface area contributed by atoms with Crippen molar-refractivity contribution >= 4 is 34.2 Å². The summed E-state index contributed by atoms with van der Waals surface area (Å²) in [5.41, 5.74) is 1.98. The maximum Gasteiger partial charge on any atom is 0.238 e. The molecule has 20 heavy (non-hydrogen) atoms. The van der Waals surface area contributed by atoms with E-state index in [1.165, 1.54) is 3.57 Å². The molecule has 0 spiro atoms. The van der Waals surface area contributed by atoms with E-state index in [-0.39, 0.29) is 12.5 Å². The van der Waals surface area contributed by atoms with E-state index < -0.39 is 0 Å². The molecule has 0 radical (unpaired) electrons. The number of hydrogen-bond acceptors (Lipinski definition) is 3. The number of piperidine rings is 1. The van der Waals surface area contributed by atoms with Gasteiger partial charge in [0, 0.05) is 15.9 Å². The van der Waals surface area contributed by atoms with Crippen molar-refractivity contribution in [3.05, 3.63) is 27.3 Å². The van der Waals surface area contributed by atoms with Crippen LogP contribution in [0.5, 0.6) is 0 Å². The summed E-state index contributed by atoms with van der Waals surface area (Å²) in [5, 5.41) is 12.1. The van der Waals surface area contributed by atoms with Gasteiger partial charge in [-0.3, -0.25) is 9.69 Å². The molecule has 0 bridgehead atoms. The number of carbonyl (C=O) groups excluding carboxylic acids is 1. The van der Waals surface area contributed by atoms with Gasteiger partial charge in [0.05, 0.1) is 6.54 Å². The molecule has 0 unspecified atom stereocenters. The predicted octanol–water partition coefficient (Wildman–Crippen LogP) is 2.24. The Morgan fingerprint density at radius 3 is 2.75 bits per heavy atom. The third-order valence-electron chi connectivity index (χ3n) is 3.80. The van der Waals surface area contributed by atoms with Gasteiger partial charge in [-0.15, -0.1) is 0 Å². The summed E-state index contributed by atoms with van der Waals surface area (Å²) >= 11 is 2.26. The number of nitrogens with one attached hydrogen (secondary N) is 1. The van der Waals surface area contributed by atoms with E-state index in [0.717, 1.165) is 37.2 Å². The van der Waals surface area contributed by atoms with E-state index in [0.29, 0.717) is 12.5 Å². The average molecular weight is 388 g/mol. The lowest BCUT2D eigenvalue weighted by atomic mass is 9.98. The van der Waals surface area contributed by atoms with Gasteiger partial charge in [0.2, 0.25) is 5.91 Å². The highest BCUT2D eigenvalue weighted by molar-refractivity contribution is 14.1. The maximum atomic E-state index is 12.1. The van der Waals surface area contributed by atoms with Gasteiger partial charge in [0.15, 0.2) is 0 Å². The second-order valence-corrected chi connectivity index (χ2v) is 6.66. The van der Waals surface area contributed by atoms with Gasteiger partial charge in [-0.2, -0.15) is 0 Å². The first kappa shape index (κ1) is 15.7. The van der Waals surface area contributed by atoms with Crippen LogP contribution < -0.4 is 5.32 Å².